The summed E-state index contributed by atoms with van der Waals surface area (Å²) in [6.07, 6.45) is 0. The van der Waals surface area contributed by atoms with E-state index in [1.54, 1.807) is 7.11 Å². The SMILES string of the molecule is COc1nc(C)cc(C)c1CN1CCNCC1. The van der Waals surface area contributed by atoms with Crippen molar-refractivity contribution in [2.24, 2.45) is 0 Å². The summed E-state index contributed by atoms with van der Waals surface area (Å²) in [5.41, 5.74) is 3.51. The maximum Gasteiger partial charge on any atom is 0.218 e. The molecule has 1 aromatic rings. The first-order valence-corrected chi connectivity index (χ1v) is 6.15. The molecule has 0 aromatic carbocycles. The third-order valence-corrected chi connectivity index (χ3v) is 3.22. The second kappa shape index (κ2) is 5.47. The zero-order valence-corrected chi connectivity index (χ0v) is 10.9. The molecule has 0 bridgehead atoms. The number of hydrogen-bond acceptors (Lipinski definition) is 4. The maximum atomic E-state index is 5.40. The molecular formula is C13H21N3O. The molecule has 0 spiro atoms. The predicted octanol–water partition coefficient (Wildman–Crippen LogP) is 1.11. The molecule has 2 rings (SSSR count). The normalized spacial score (nSPS) is 17.1. The Morgan fingerprint density at radius 3 is 2.71 bits per heavy atom. The molecule has 0 atom stereocenters. The highest BCUT2D eigenvalue weighted by Gasteiger charge is 2.15. The third kappa shape index (κ3) is 2.96. The van der Waals surface area contributed by atoms with E-state index in [4.69, 9.17) is 4.74 Å². The Hall–Kier alpha value is -1.13. The van der Waals surface area contributed by atoms with Crippen LogP contribution in [0.2, 0.25) is 0 Å². The number of aryl methyl sites for hydroxylation is 2. The van der Waals surface area contributed by atoms with Gasteiger partial charge in [-0.15, -0.1) is 0 Å². The summed E-state index contributed by atoms with van der Waals surface area (Å²) in [7, 11) is 1.70. The van der Waals surface area contributed by atoms with Gasteiger partial charge in [0, 0.05) is 44.0 Å². The number of hydrogen-bond donors (Lipinski definition) is 1. The smallest absolute Gasteiger partial charge is 0.218 e. The number of rotatable bonds is 3. The Balaban J connectivity index is 2.18. The Morgan fingerprint density at radius 2 is 2.06 bits per heavy atom. The molecule has 0 amide bonds. The van der Waals surface area contributed by atoms with Crippen LogP contribution in [-0.2, 0) is 6.54 Å². The quantitative estimate of drug-likeness (QED) is 0.851. The average molecular weight is 235 g/mol. The van der Waals surface area contributed by atoms with Crippen molar-refractivity contribution in [1.82, 2.24) is 15.2 Å². The van der Waals surface area contributed by atoms with Crippen LogP contribution in [0.5, 0.6) is 5.88 Å². The van der Waals surface area contributed by atoms with Crippen molar-refractivity contribution in [1.29, 1.82) is 0 Å². The van der Waals surface area contributed by atoms with Crippen LogP contribution in [0.1, 0.15) is 16.8 Å². The van der Waals surface area contributed by atoms with Gasteiger partial charge in [0.1, 0.15) is 0 Å². The van der Waals surface area contributed by atoms with Crippen LogP contribution in [0.4, 0.5) is 0 Å². The van der Waals surface area contributed by atoms with Crippen molar-refractivity contribution in [2.75, 3.05) is 33.3 Å². The van der Waals surface area contributed by atoms with Gasteiger partial charge in [-0.2, -0.15) is 0 Å². The molecule has 1 saturated heterocycles. The molecule has 1 aliphatic heterocycles. The van der Waals surface area contributed by atoms with Gasteiger partial charge in [-0.05, 0) is 25.5 Å². The van der Waals surface area contributed by atoms with E-state index in [-0.39, 0.29) is 0 Å². The van der Waals surface area contributed by atoms with E-state index in [1.165, 1.54) is 11.1 Å². The van der Waals surface area contributed by atoms with Crippen LogP contribution >= 0.6 is 0 Å². The van der Waals surface area contributed by atoms with E-state index >= 15 is 0 Å². The molecule has 2 heterocycles. The fourth-order valence-electron chi connectivity index (χ4n) is 2.28. The fourth-order valence-corrected chi connectivity index (χ4v) is 2.28. The monoisotopic (exact) mass is 235 g/mol. The van der Waals surface area contributed by atoms with Crippen molar-refractivity contribution in [2.45, 2.75) is 20.4 Å². The number of pyridine rings is 1. The van der Waals surface area contributed by atoms with Crippen molar-refractivity contribution in [3.63, 3.8) is 0 Å². The summed E-state index contributed by atoms with van der Waals surface area (Å²) in [5, 5.41) is 3.36. The number of aromatic nitrogens is 1. The maximum absolute atomic E-state index is 5.40. The highest BCUT2D eigenvalue weighted by atomic mass is 16.5. The molecule has 1 aliphatic rings. The molecule has 1 aromatic heterocycles. The Morgan fingerprint density at radius 1 is 1.35 bits per heavy atom. The molecule has 0 unspecified atom stereocenters. The van der Waals surface area contributed by atoms with Crippen LogP contribution in [0, 0.1) is 13.8 Å². The van der Waals surface area contributed by atoms with Crippen LogP contribution in [0.15, 0.2) is 6.07 Å². The van der Waals surface area contributed by atoms with Crippen molar-refractivity contribution < 1.29 is 4.74 Å². The summed E-state index contributed by atoms with van der Waals surface area (Å²) < 4.78 is 5.40. The second-order valence-electron chi connectivity index (χ2n) is 4.59. The second-order valence-corrected chi connectivity index (χ2v) is 4.59. The summed E-state index contributed by atoms with van der Waals surface area (Å²) in [5.74, 6) is 0.779. The molecule has 1 fully saturated rings. The highest BCUT2D eigenvalue weighted by molar-refractivity contribution is 5.35. The van der Waals surface area contributed by atoms with Crippen LogP contribution in [0.3, 0.4) is 0 Å². The average Bonchev–Trinajstić information content (AvgIpc) is 2.33. The van der Waals surface area contributed by atoms with E-state index in [9.17, 15) is 0 Å². The third-order valence-electron chi connectivity index (χ3n) is 3.22. The molecule has 0 aliphatic carbocycles. The number of nitrogens with zero attached hydrogens (tertiary/aromatic N) is 2. The summed E-state index contributed by atoms with van der Waals surface area (Å²) in [6.45, 7) is 9.40. The van der Waals surface area contributed by atoms with Gasteiger partial charge in [0.25, 0.3) is 0 Å². The number of nitrogens with one attached hydrogen (secondary N) is 1. The Labute approximate surface area is 103 Å². The molecular weight excluding hydrogens is 214 g/mol. The van der Waals surface area contributed by atoms with Gasteiger partial charge >= 0.3 is 0 Å². The van der Waals surface area contributed by atoms with E-state index < -0.39 is 0 Å². The first-order chi connectivity index (χ1) is 8.20. The first kappa shape index (κ1) is 12.3. The zero-order valence-electron chi connectivity index (χ0n) is 10.9. The van der Waals surface area contributed by atoms with Gasteiger partial charge in [0.05, 0.1) is 7.11 Å². The van der Waals surface area contributed by atoms with Gasteiger partial charge in [0.15, 0.2) is 0 Å². The van der Waals surface area contributed by atoms with Crippen LogP contribution in [-0.4, -0.2) is 43.2 Å². The lowest BCUT2D eigenvalue weighted by molar-refractivity contribution is 0.228. The van der Waals surface area contributed by atoms with Gasteiger partial charge in [-0.25, -0.2) is 4.98 Å². The van der Waals surface area contributed by atoms with Crippen molar-refractivity contribution in [3.05, 3.63) is 22.9 Å². The van der Waals surface area contributed by atoms with Gasteiger partial charge in [0.2, 0.25) is 5.88 Å². The highest BCUT2D eigenvalue weighted by Crippen LogP contribution is 2.22. The lowest BCUT2D eigenvalue weighted by Gasteiger charge is -2.28. The molecule has 4 heteroatoms. The van der Waals surface area contributed by atoms with E-state index in [0.29, 0.717) is 0 Å². The van der Waals surface area contributed by atoms with Gasteiger partial charge in [-0.1, -0.05) is 0 Å². The molecule has 4 nitrogen and oxygen atoms in total. The summed E-state index contributed by atoms with van der Waals surface area (Å²) in [6, 6.07) is 2.13. The molecule has 0 saturated carbocycles. The van der Waals surface area contributed by atoms with Gasteiger partial charge in [-0.3, -0.25) is 4.90 Å². The topological polar surface area (TPSA) is 37.4 Å². The van der Waals surface area contributed by atoms with Gasteiger partial charge < -0.3 is 10.1 Å². The van der Waals surface area contributed by atoms with Crippen LogP contribution < -0.4 is 10.1 Å². The zero-order chi connectivity index (χ0) is 12.3. The lowest BCUT2D eigenvalue weighted by atomic mass is 10.1. The molecule has 0 radical (unpaired) electrons. The minimum absolute atomic E-state index is 0.779. The number of ether oxygens (including phenoxy) is 1. The number of methoxy groups -OCH3 is 1. The summed E-state index contributed by atoms with van der Waals surface area (Å²) in [4.78, 5) is 6.90. The standard InChI is InChI=1S/C13H21N3O/c1-10-8-11(2)15-13(17-3)12(10)9-16-6-4-14-5-7-16/h8,14H,4-7,9H2,1-3H3. The number of piperazine rings is 1. The molecule has 1 N–H and O–H groups in total. The van der Waals surface area contributed by atoms with E-state index in [1.807, 2.05) is 6.92 Å². The Kier molecular flexibility index (Phi) is 3.97. The first-order valence-electron chi connectivity index (χ1n) is 6.15. The van der Waals surface area contributed by atoms with Crippen molar-refractivity contribution in [3.8, 4) is 5.88 Å². The van der Waals surface area contributed by atoms with E-state index in [2.05, 4.69) is 28.2 Å². The molecule has 94 valence electrons. The predicted molar refractivity (Wildman–Crippen MR) is 68.4 cm³/mol. The minimum Gasteiger partial charge on any atom is -0.481 e. The summed E-state index contributed by atoms with van der Waals surface area (Å²) >= 11 is 0. The minimum atomic E-state index is 0.779. The lowest BCUT2D eigenvalue weighted by Crippen LogP contribution is -2.43. The van der Waals surface area contributed by atoms with Crippen molar-refractivity contribution >= 4 is 0 Å². The molecule has 17 heavy (non-hydrogen) atoms. The fraction of sp³-hybridized carbons (Fsp3) is 0.615. The van der Waals surface area contributed by atoms with Crippen LogP contribution in [0.25, 0.3) is 0 Å². The Bertz CT molecular complexity index is 386. The van der Waals surface area contributed by atoms with E-state index in [0.717, 1.165) is 44.3 Å². The largest absolute Gasteiger partial charge is 0.481 e.